The molecule has 2 unspecified atom stereocenters. The number of benzene rings is 1. The quantitative estimate of drug-likeness (QED) is 0.585. The molecule has 0 saturated carbocycles. The van der Waals surface area contributed by atoms with Crippen molar-refractivity contribution < 1.29 is 28.7 Å². The molecule has 2 atom stereocenters. The van der Waals surface area contributed by atoms with Crippen molar-refractivity contribution in [2.45, 2.75) is 39.3 Å². The number of amides is 2. The van der Waals surface area contributed by atoms with Crippen molar-refractivity contribution in [3.8, 4) is 5.88 Å². The van der Waals surface area contributed by atoms with Gasteiger partial charge in [-0.2, -0.15) is 0 Å². The van der Waals surface area contributed by atoms with Gasteiger partial charge in [0.2, 0.25) is 11.7 Å². The van der Waals surface area contributed by atoms with Gasteiger partial charge in [-0.25, -0.2) is 14.8 Å². The molecule has 0 aliphatic carbocycles. The number of hydrogen-bond acceptors (Lipinski definition) is 8. The van der Waals surface area contributed by atoms with Gasteiger partial charge in [0.15, 0.2) is 5.78 Å². The van der Waals surface area contributed by atoms with Crippen LogP contribution in [0.5, 0.6) is 5.88 Å². The van der Waals surface area contributed by atoms with Gasteiger partial charge in [-0.1, -0.05) is 44.2 Å². The summed E-state index contributed by atoms with van der Waals surface area (Å²) in [6, 6.07) is 8.26. The maximum atomic E-state index is 13.2. The van der Waals surface area contributed by atoms with E-state index >= 15 is 0 Å². The number of rotatable bonds is 7. The minimum atomic E-state index is -0.956. The first-order chi connectivity index (χ1) is 16.3. The molecule has 34 heavy (non-hydrogen) atoms. The zero-order valence-electron chi connectivity index (χ0n) is 19.2. The second-order valence-electron chi connectivity index (χ2n) is 8.32. The van der Waals surface area contributed by atoms with Gasteiger partial charge < -0.3 is 20.1 Å². The first-order valence-corrected chi connectivity index (χ1v) is 11.1. The van der Waals surface area contributed by atoms with Crippen molar-refractivity contribution in [2.75, 3.05) is 13.2 Å². The summed E-state index contributed by atoms with van der Waals surface area (Å²) in [6.45, 7) is 3.89. The Morgan fingerprint density at radius 2 is 2.00 bits per heavy atom. The summed E-state index contributed by atoms with van der Waals surface area (Å²) in [4.78, 5) is 58.7. The lowest BCUT2D eigenvalue weighted by Crippen LogP contribution is -2.46. The second-order valence-corrected chi connectivity index (χ2v) is 8.32. The molecular weight excluding hydrogens is 440 g/mol. The third kappa shape index (κ3) is 6.84. The number of Topliss-reactive ketones (excluding diaryl/α,β-unsaturated/α-hetero) is 2. The maximum Gasteiger partial charge on any atom is 0.408 e. The Balaban J connectivity index is 1.70. The lowest BCUT2D eigenvalue weighted by molar-refractivity contribution is -0.141. The molecule has 1 aromatic carbocycles. The van der Waals surface area contributed by atoms with E-state index in [9.17, 15) is 19.2 Å². The highest BCUT2D eigenvalue weighted by Crippen LogP contribution is 2.22. The van der Waals surface area contributed by atoms with E-state index in [0.29, 0.717) is 11.4 Å². The van der Waals surface area contributed by atoms with E-state index in [1.807, 2.05) is 30.3 Å². The van der Waals surface area contributed by atoms with Crippen LogP contribution in [0.2, 0.25) is 0 Å². The summed E-state index contributed by atoms with van der Waals surface area (Å²) in [5.74, 6) is -2.78. The summed E-state index contributed by atoms with van der Waals surface area (Å²) in [5, 5.41) is 5.09. The number of alkyl carbamates (subject to hydrolysis) is 1. The highest BCUT2D eigenvalue weighted by atomic mass is 16.5. The van der Waals surface area contributed by atoms with Crippen LogP contribution < -0.4 is 15.4 Å². The largest absolute Gasteiger partial charge is 0.476 e. The van der Waals surface area contributed by atoms with Gasteiger partial charge in [-0.15, -0.1) is 0 Å². The molecule has 0 saturated heterocycles. The molecule has 0 spiro atoms. The van der Waals surface area contributed by atoms with E-state index in [1.54, 1.807) is 13.8 Å². The summed E-state index contributed by atoms with van der Waals surface area (Å²) >= 11 is 0. The number of carbonyl (C=O) groups is 4. The van der Waals surface area contributed by atoms with Gasteiger partial charge in [-0.3, -0.25) is 14.4 Å². The minimum absolute atomic E-state index is 0.0530. The first kappa shape index (κ1) is 24.8. The Morgan fingerprint density at radius 3 is 2.74 bits per heavy atom. The zero-order valence-corrected chi connectivity index (χ0v) is 19.2. The Kier molecular flexibility index (Phi) is 8.66. The molecular formula is C24H28N4O6. The molecule has 0 fully saturated rings. The SMILES string of the molecule is CC(C)C(NC(=O)OCc1ccccc1)C(=O)CC1Cc2cncnc2OCCNC(=O)C1=O. The minimum Gasteiger partial charge on any atom is -0.476 e. The van der Waals surface area contributed by atoms with Crippen molar-refractivity contribution in [3.05, 3.63) is 54.0 Å². The van der Waals surface area contributed by atoms with Gasteiger partial charge in [0.05, 0.1) is 12.6 Å². The molecule has 0 bridgehead atoms. The van der Waals surface area contributed by atoms with Crippen molar-refractivity contribution in [3.63, 3.8) is 0 Å². The average molecular weight is 469 g/mol. The number of nitrogens with zero attached hydrogens (tertiary/aromatic N) is 2. The molecule has 2 aromatic rings. The lowest BCUT2D eigenvalue weighted by Gasteiger charge is -2.24. The second kappa shape index (κ2) is 11.9. The number of fused-ring (bicyclic) bond motifs is 1. The Hall–Kier alpha value is -3.82. The van der Waals surface area contributed by atoms with Crippen LogP contribution >= 0.6 is 0 Å². The predicted octanol–water partition coefficient (Wildman–Crippen LogP) is 1.62. The molecule has 2 amide bonds. The van der Waals surface area contributed by atoms with Crippen molar-refractivity contribution >= 4 is 23.6 Å². The fraction of sp³-hybridized carbons (Fsp3) is 0.417. The Labute approximate surface area is 197 Å². The monoisotopic (exact) mass is 468 g/mol. The molecule has 2 heterocycles. The van der Waals surface area contributed by atoms with E-state index in [4.69, 9.17) is 9.47 Å². The Morgan fingerprint density at radius 1 is 1.24 bits per heavy atom. The summed E-state index contributed by atoms with van der Waals surface area (Å²) < 4.78 is 10.8. The Bertz CT molecular complexity index is 1030. The summed E-state index contributed by atoms with van der Waals surface area (Å²) in [6.07, 6.45) is 1.90. The highest BCUT2D eigenvalue weighted by Gasteiger charge is 2.33. The predicted molar refractivity (Wildman–Crippen MR) is 121 cm³/mol. The molecule has 180 valence electrons. The van der Waals surface area contributed by atoms with Crippen LogP contribution in [0.15, 0.2) is 42.9 Å². The number of carbonyl (C=O) groups excluding carboxylic acids is 4. The molecule has 2 N–H and O–H groups in total. The molecule has 3 rings (SSSR count). The van der Waals surface area contributed by atoms with Crippen molar-refractivity contribution in [2.24, 2.45) is 11.8 Å². The smallest absolute Gasteiger partial charge is 0.408 e. The lowest BCUT2D eigenvalue weighted by atomic mass is 9.86. The third-order valence-corrected chi connectivity index (χ3v) is 5.38. The molecule has 10 nitrogen and oxygen atoms in total. The molecule has 1 aliphatic rings. The van der Waals surface area contributed by atoms with Crippen LogP contribution in [0, 0.1) is 11.8 Å². The van der Waals surface area contributed by atoms with E-state index < -0.39 is 29.7 Å². The number of ether oxygens (including phenoxy) is 2. The average Bonchev–Trinajstić information content (AvgIpc) is 2.83. The molecule has 0 radical (unpaired) electrons. The van der Waals surface area contributed by atoms with Crippen LogP contribution in [0.25, 0.3) is 0 Å². The van der Waals surface area contributed by atoms with Gasteiger partial charge in [0.1, 0.15) is 19.5 Å². The normalized spacial score (nSPS) is 17.1. The van der Waals surface area contributed by atoms with Crippen molar-refractivity contribution in [1.29, 1.82) is 0 Å². The van der Waals surface area contributed by atoms with Crippen LogP contribution in [0.1, 0.15) is 31.4 Å². The van der Waals surface area contributed by atoms with Crippen LogP contribution in [0.4, 0.5) is 4.79 Å². The molecule has 10 heteroatoms. The fourth-order valence-electron chi connectivity index (χ4n) is 3.61. The topological polar surface area (TPSA) is 137 Å². The number of ketones is 2. The summed E-state index contributed by atoms with van der Waals surface area (Å²) in [7, 11) is 0. The van der Waals surface area contributed by atoms with E-state index in [1.165, 1.54) is 12.5 Å². The fourth-order valence-corrected chi connectivity index (χ4v) is 3.61. The van der Waals surface area contributed by atoms with E-state index in [2.05, 4.69) is 20.6 Å². The first-order valence-electron chi connectivity index (χ1n) is 11.1. The zero-order chi connectivity index (χ0) is 24.5. The van der Waals surface area contributed by atoms with E-state index in [-0.39, 0.29) is 44.3 Å². The molecule has 1 aliphatic heterocycles. The van der Waals surface area contributed by atoms with Gasteiger partial charge >= 0.3 is 6.09 Å². The molecule has 1 aromatic heterocycles. The number of aromatic nitrogens is 2. The van der Waals surface area contributed by atoms with Crippen molar-refractivity contribution in [1.82, 2.24) is 20.6 Å². The van der Waals surface area contributed by atoms with Gasteiger partial charge in [-0.05, 0) is 17.9 Å². The third-order valence-electron chi connectivity index (χ3n) is 5.38. The van der Waals surface area contributed by atoms with E-state index in [0.717, 1.165) is 5.56 Å². The van der Waals surface area contributed by atoms with Crippen LogP contribution in [0.3, 0.4) is 0 Å². The van der Waals surface area contributed by atoms with Gasteiger partial charge in [0.25, 0.3) is 5.91 Å². The van der Waals surface area contributed by atoms with Crippen LogP contribution in [-0.2, 0) is 32.1 Å². The number of hydrogen-bond donors (Lipinski definition) is 2. The van der Waals surface area contributed by atoms with Gasteiger partial charge in [0, 0.05) is 24.1 Å². The highest BCUT2D eigenvalue weighted by molar-refractivity contribution is 6.37. The standard InChI is InChI=1S/C24H28N4O6/c1-15(2)20(28-24(32)34-13-16-6-4-3-5-7-16)19(29)11-17-10-18-12-25-14-27-23(18)33-9-8-26-22(31)21(17)30/h3-7,12,14-15,17,20H,8-11,13H2,1-2H3,(H,26,31)(H,28,32). The maximum absolute atomic E-state index is 13.2. The number of nitrogens with one attached hydrogen (secondary N) is 2. The summed E-state index contributed by atoms with van der Waals surface area (Å²) in [5.41, 5.74) is 1.34. The van der Waals surface area contributed by atoms with Crippen LogP contribution in [-0.4, -0.2) is 52.7 Å².